The first-order valence-electron chi connectivity index (χ1n) is 6.38. The van der Waals surface area contributed by atoms with Gasteiger partial charge in [-0.1, -0.05) is 46.3 Å². The van der Waals surface area contributed by atoms with E-state index in [9.17, 15) is 18.3 Å². The first-order chi connectivity index (χ1) is 9.79. The van der Waals surface area contributed by atoms with Crippen LogP contribution in [0.4, 0.5) is 13.2 Å². The fourth-order valence-electron chi connectivity index (χ4n) is 2.09. The van der Waals surface area contributed by atoms with Gasteiger partial charge in [-0.2, -0.15) is 13.2 Å². The Hall–Kier alpha value is -1.33. The number of hydrogen-bond donors (Lipinski definition) is 1. The van der Waals surface area contributed by atoms with Gasteiger partial charge < -0.3 is 5.11 Å². The molecule has 0 aromatic heterocycles. The van der Waals surface area contributed by atoms with Crippen molar-refractivity contribution in [3.05, 3.63) is 69.2 Å². The molecule has 0 spiro atoms. The molecular formula is C16H14BrF3O. The molecule has 1 unspecified atom stereocenters. The number of aliphatic hydroxyl groups is 1. The molecule has 1 nitrogen and oxygen atoms in total. The maximum absolute atomic E-state index is 12.5. The van der Waals surface area contributed by atoms with Crippen LogP contribution in [0.25, 0.3) is 0 Å². The van der Waals surface area contributed by atoms with Crippen LogP contribution in [-0.2, 0) is 12.6 Å². The maximum Gasteiger partial charge on any atom is 0.416 e. The van der Waals surface area contributed by atoms with Gasteiger partial charge >= 0.3 is 6.18 Å². The second kappa shape index (κ2) is 6.20. The lowest BCUT2D eigenvalue weighted by Crippen LogP contribution is -2.06. The first-order valence-corrected chi connectivity index (χ1v) is 7.17. The summed E-state index contributed by atoms with van der Waals surface area (Å²) in [6.07, 6.45) is -4.84. The van der Waals surface area contributed by atoms with E-state index in [-0.39, 0.29) is 6.42 Å². The van der Waals surface area contributed by atoms with E-state index in [1.165, 1.54) is 12.1 Å². The van der Waals surface area contributed by atoms with Crippen molar-refractivity contribution in [2.24, 2.45) is 0 Å². The fourth-order valence-corrected chi connectivity index (χ4v) is 2.62. The van der Waals surface area contributed by atoms with Crippen LogP contribution in [0.5, 0.6) is 0 Å². The molecule has 0 saturated heterocycles. The van der Waals surface area contributed by atoms with Crippen molar-refractivity contribution in [2.75, 3.05) is 0 Å². The molecule has 0 heterocycles. The van der Waals surface area contributed by atoms with Gasteiger partial charge in [0, 0.05) is 10.9 Å². The Labute approximate surface area is 129 Å². The van der Waals surface area contributed by atoms with Gasteiger partial charge in [0.05, 0.1) is 11.7 Å². The van der Waals surface area contributed by atoms with Gasteiger partial charge in [0.2, 0.25) is 0 Å². The Balaban J connectivity index is 2.16. The SMILES string of the molecule is Cc1cccc(C(O)Cc2ccc(C(F)(F)F)cc2)c1Br. The lowest BCUT2D eigenvalue weighted by molar-refractivity contribution is -0.137. The number of halogens is 4. The molecule has 2 aromatic carbocycles. The van der Waals surface area contributed by atoms with Gasteiger partial charge in [-0.3, -0.25) is 0 Å². The van der Waals surface area contributed by atoms with E-state index in [1.807, 2.05) is 19.1 Å². The number of aliphatic hydroxyl groups excluding tert-OH is 1. The highest BCUT2D eigenvalue weighted by atomic mass is 79.9. The van der Waals surface area contributed by atoms with Gasteiger partial charge in [-0.15, -0.1) is 0 Å². The normalized spacial score (nSPS) is 13.2. The zero-order valence-corrected chi connectivity index (χ0v) is 12.9. The Morgan fingerprint density at radius 2 is 1.71 bits per heavy atom. The van der Waals surface area contributed by atoms with Crippen molar-refractivity contribution in [2.45, 2.75) is 25.6 Å². The van der Waals surface area contributed by atoms with Crippen LogP contribution in [0, 0.1) is 6.92 Å². The second-order valence-corrected chi connectivity index (χ2v) is 5.69. The molecule has 0 aliphatic carbocycles. The molecule has 0 fully saturated rings. The predicted octanol–water partition coefficient (Wildman–Crippen LogP) is 5.05. The van der Waals surface area contributed by atoms with Gasteiger partial charge in [-0.05, 0) is 35.7 Å². The molecule has 21 heavy (non-hydrogen) atoms. The van der Waals surface area contributed by atoms with Gasteiger partial charge in [0.25, 0.3) is 0 Å². The molecule has 0 aliphatic heterocycles. The molecule has 0 amide bonds. The maximum atomic E-state index is 12.5. The molecule has 0 radical (unpaired) electrons. The molecule has 5 heteroatoms. The monoisotopic (exact) mass is 358 g/mol. The minimum Gasteiger partial charge on any atom is -0.388 e. The van der Waals surface area contributed by atoms with Crippen LogP contribution >= 0.6 is 15.9 Å². The van der Waals surface area contributed by atoms with E-state index in [2.05, 4.69) is 15.9 Å². The summed E-state index contributed by atoms with van der Waals surface area (Å²) in [5.74, 6) is 0. The number of rotatable bonds is 3. The standard InChI is InChI=1S/C16H14BrF3O/c1-10-3-2-4-13(15(10)17)14(21)9-11-5-7-12(8-6-11)16(18,19)20/h2-8,14,21H,9H2,1H3. The molecular weight excluding hydrogens is 345 g/mol. The van der Waals surface area contributed by atoms with Crippen molar-refractivity contribution in [1.82, 2.24) is 0 Å². The van der Waals surface area contributed by atoms with E-state index in [1.54, 1.807) is 6.07 Å². The summed E-state index contributed by atoms with van der Waals surface area (Å²) in [6.45, 7) is 1.92. The zero-order chi connectivity index (χ0) is 15.6. The highest BCUT2D eigenvalue weighted by Gasteiger charge is 2.30. The van der Waals surface area contributed by atoms with Crippen LogP contribution in [-0.4, -0.2) is 5.11 Å². The minimum atomic E-state index is -4.34. The number of benzene rings is 2. The average Bonchev–Trinajstić information content (AvgIpc) is 2.41. The van der Waals surface area contributed by atoms with E-state index >= 15 is 0 Å². The largest absolute Gasteiger partial charge is 0.416 e. The Bertz CT molecular complexity index is 620. The predicted molar refractivity (Wildman–Crippen MR) is 79.0 cm³/mol. The number of hydrogen-bond acceptors (Lipinski definition) is 1. The van der Waals surface area contributed by atoms with Crippen molar-refractivity contribution in [3.63, 3.8) is 0 Å². The number of alkyl halides is 3. The zero-order valence-electron chi connectivity index (χ0n) is 11.3. The van der Waals surface area contributed by atoms with E-state index in [0.717, 1.165) is 27.7 Å². The summed E-state index contributed by atoms with van der Waals surface area (Å²) in [5.41, 5.74) is 1.70. The van der Waals surface area contributed by atoms with Gasteiger partial charge in [-0.25, -0.2) is 0 Å². The van der Waals surface area contributed by atoms with Crippen LogP contribution in [0.2, 0.25) is 0 Å². The molecule has 0 bridgehead atoms. The average molecular weight is 359 g/mol. The van der Waals surface area contributed by atoms with Crippen LogP contribution < -0.4 is 0 Å². The van der Waals surface area contributed by atoms with Crippen LogP contribution in [0.1, 0.15) is 28.4 Å². The quantitative estimate of drug-likeness (QED) is 0.813. The summed E-state index contributed by atoms with van der Waals surface area (Å²) >= 11 is 3.42. The van der Waals surface area contributed by atoms with E-state index in [0.29, 0.717) is 5.56 Å². The number of aryl methyl sites for hydroxylation is 1. The van der Waals surface area contributed by atoms with Gasteiger partial charge in [0.15, 0.2) is 0 Å². The first kappa shape index (κ1) is 16.0. The molecule has 2 aromatic rings. The molecule has 1 atom stereocenters. The molecule has 1 N–H and O–H groups in total. The molecule has 0 saturated carbocycles. The van der Waals surface area contributed by atoms with E-state index in [4.69, 9.17) is 0 Å². The molecule has 112 valence electrons. The summed E-state index contributed by atoms with van der Waals surface area (Å²) in [4.78, 5) is 0. The second-order valence-electron chi connectivity index (χ2n) is 4.89. The highest BCUT2D eigenvalue weighted by molar-refractivity contribution is 9.10. The summed E-state index contributed by atoms with van der Waals surface area (Å²) in [5, 5.41) is 10.3. The fraction of sp³-hybridized carbons (Fsp3) is 0.250. The lowest BCUT2D eigenvalue weighted by atomic mass is 9.99. The van der Waals surface area contributed by atoms with Crippen molar-refractivity contribution >= 4 is 15.9 Å². The third-order valence-corrected chi connectivity index (χ3v) is 4.37. The minimum absolute atomic E-state index is 0.264. The summed E-state index contributed by atoms with van der Waals surface area (Å²) in [7, 11) is 0. The third kappa shape index (κ3) is 3.86. The Morgan fingerprint density at radius 1 is 1.10 bits per heavy atom. The van der Waals surface area contributed by atoms with Crippen LogP contribution in [0.3, 0.4) is 0 Å². The van der Waals surface area contributed by atoms with Gasteiger partial charge in [0.1, 0.15) is 0 Å². The Morgan fingerprint density at radius 3 is 2.29 bits per heavy atom. The van der Waals surface area contributed by atoms with Crippen LogP contribution in [0.15, 0.2) is 46.9 Å². The summed E-state index contributed by atoms with van der Waals surface area (Å²) < 4.78 is 38.3. The van der Waals surface area contributed by atoms with Crippen molar-refractivity contribution in [3.8, 4) is 0 Å². The van der Waals surface area contributed by atoms with E-state index < -0.39 is 17.8 Å². The smallest absolute Gasteiger partial charge is 0.388 e. The Kier molecular flexibility index (Phi) is 4.74. The van der Waals surface area contributed by atoms with Crippen molar-refractivity contribution in [1.29, 1.82) is 0 Å². The highest BCUT2D eigenvalue weighted by Crippen LogP contribution is 2.31. The third-order valence-electron chi connectivity index (χ3n) is 3.29. The van der Waals surface area contributed by atoms with Crippen molar-refractivity contribution < 1.29 is 18.3 Å². The topological polar surface area (TPSA) is 20.2 Å². The molecule has 0 aliphatic rings. The molecule has 2 rings (SSSR count). The lowest BCUT2D eigenvalue weighted by Gasteiger charge is -2.15. The summed E-state index contributed by atoms with van der Waals surface area (Å²) in [6, 6.07) is 10.4.